The average Bonchev–Trinajstić information content (AvgIpc) is 3.20. The van der Waals surface area contributed by atoms with Crippen molar-refractivity contribution in [3.05, 3.63) is 64.7 Å². The Morgan fingerprint density at radius 1 is 1.12 bits per heavy atom. The fraction of sp³-hybridized carbons (Fsp3) is 0.423. The molecule has 0 aliphatic carbocycles. The molecule has 0 atom stereocenters. The zero-order valence-corrected chi connectivity index (χ0v) is 20.4. The van der Waals surface area contributed by atoms with Gasteiger partial charge in [0.15, 0.2) is 0 Å². The van der Waals surface area contributed by atoms with E-state index in [1.807, 2.05) is 20.8 Å². The van der Waals surface area contributed by atoms with E-state index in [-0.39, 0.29) is 37.0 Å². The summed E-state index contributed by atoms with van der Waals surface area (Å²) in [7, 11) is 0. The number of H-pyrrole nitrogens is 1. The molecular weight excluding hydrogens is 420 g/mol. The van der Waals surface area contributed by atoms with E-state index in [2.05, 4.69) is 23.5 Å². The SMILES string of the molecule is C=CCOC(=O)CCc1c(C(=O)OC(C)(C)C)[nH]c(/C(C=C)=C2/NC(=O)C(CC)=C2C)c1C. The molecule has 2 N–H and O–H groups in total. The zero-order chi connectivity index (χ0) is 24.9. The van der Waals surface area contributed by atoms with E-state index in [1.165, 1.54) is 6.08 Å². The van der Waals surface area contributed by atoms with Crippen LogP contribution in [-0.2, 0) is 25.5 Å². The van der Waals surface area contributed by atoms with Crippen molar-refractivity contribution in [1.82, 2.24) is 10.3 Å². The number of carbonyl (C=O) groups excluding carboxylic acids is 3. The molecule has 0 spiro atoms. The van der Waals surface area contributed by atoms with Crippen molar-refractivity contribution >= 4 is 23.4 Å². The first-order valence-corrected chi connectivity index (χ1v) is 11.0. The van der Waals surface area contributed by atoms with E-state index in [0.29, 0.717) is 34.5 Å². The summed E-state index contributed by atoms with van der Waals surface area (Å²) in [5.74, 6) is -1.04. The van der Waals surface area contributed by atoms with Crippen LogP contribution in [0, 0.1) is 6.92 Å². The van der Waals surface area contributed by atoms with Gasteiger partial charge in [-0.25, -0.2) is 4.79 Å². The van der Waals surface area contributed by atoms with Gasteiger partial charge in [-0.2, -0.15) is 0 Å². The quantitative estimate of drug-likeness (QED) is 0.417. The minimum absolute atomic E-state index is 0.0947. The molecule has 7 nitrogen and oxygen atoms in total. The Bertz CT molecular complexity index is 1050. The molecule has 0 unspecified atom stereocenters. The number of rotatable bonds is 9. The van der Waals surface area contributed by atoms with Gasteiger partial charge in [0.2, 0.25) is 0 Å². The summed E-state index contributed by atoms with van der Waals surface area (Å²) in [5, 5.41) is 2.93. The number of hydrogen-bond acceptors (Lipinski definition) is 5. The molecule has 178 valence electrons. The number of hydrogen-bond donors (Lipinski definition) is 2. The number of ether oxygens (including phenoxy) is 2. The van der Waals surface area contributed by atoms with E-state index in [0.717, 1.165) is 11.1 Å². The van der Waals surface area contributed by atoms with Gasteiger partial charge in [0, 0.05) is 17.6 Å². The number of amides is 1. The summed E-state index contributed by atoms with van der Waals surface area (Å²) in [4.78, 5) is 40.7. The third-order valence-corrected chi connectivity index (χ3v) is 5.36. The molecule has 0 fully saturated rings. The molecule has 1 aliphatic heterocycles. The topological polar surface area (TPSA) is 97.5 Å². The van der Waals surface area contributed by atoms with E-state index in [1.54, 1.807) is 26.8 Å². The zero-order valence-electron chi connectivity index (χ0n) is 20.4. The van der Waals surface area contributed by atoms with Crippen LogP contribution in [0.4, 0.5) is 0 Å². The molecule has 2 heterocycles. The van der Waals surface area contributed by atoms with Crippen LogP contribution in [0.5, 0.6) is 0 Å². The van der Waals surface area contributed by atoms with Crippen LogP contribution in [0.3, 0.4) is 0 Å². The Kier molecular flexibility index (Phi) is 8.25. The first kappa shape index (κ1) is 25.9. The van der Waals surface area contributed by atoms with Crippen molar-refractivity contribution in [3.8, 4) is 0 Å². The molecular formula is C26H34N2O5. The summed E-state index contributed by atoms with van der Waals surface area (Å²) in [6.45, 7) is 18.7. The van der Waals surface area contributed by atoms with Crippen LogP contribution < -0.4 is 5.32 Å². The number of aromatic nitrogens is 1. The second kappa shape index (κ2) is 10.5. The molecule has 1 aromatic rings. The highest BCUT2D eigenvalue weighted by molar-refractivity contribution is 6.03. The largest absolute Gasteiger partial charge is 0.461 e. The molecule has 1 amide bonds. The average molecular weight is 455 g/mol. The number of allylic oxidation sites excluding steroid dienone is 3. The Hall–Kier alpha value is -3.35. The predicted octanol–water partition coefficient (Wildman–Crippen LogP) is 4.69. The lowest BCUT2D eigenvalue weighted by Crippen LogP contribution is -2.25. The van der Waals surface area contributed by atoms with Crippen LogP contribution in [0.1, 0.15) is 74.8 Å². The van der Waals surface area contributed by atoms with Gasteiger partial charge in [-0.3, -0.25) is 9.59 Å². The highest BCUT2D eigenvalue weighted by atomic mass is 16.6. The maximum Gasteiger partial charge on any atom is 0.355 e. The van der Waals surface area contributed by atoms with Crippen LogP contribution in [-0.4, -0.2) is 35.0 Å². The third-order valence-electron chi connectivity index (χ3n) is 5.36. The van der Waals surface area contributed by atoms with Gasteiger partial charge in [0.05, 0.1) is 11.4 Å². The monoisotopic (exact) mass is 454 g/mol. The summed E-state index contributed by atoms with van der Waals surface area (Å²) in [6.07, 6.45) is 4.14. The van der Waals surface area contributed by atoms with Gasteiger partial charge in [-0.15, -0.1) is 0 Å². The number of aromatic amines is 1. The fourth-order valence-electron chi connectivity index (χ4n) is 3.80. The van der Waals surface area contributed by atoms with E-state index in [9.17, 15) is 14.4 Å². The van der Waals surface area contributed by atoms with Crippen molar-refractivity contribution in [1.29, 1.82) is 0 Å². The van der Waals surface area contributed by atoms with Crippen molar-refractivity contribution in [2.75, 3.05) is 6.61 Å². The van der Waals surface area contributed by atoms with Gasteiger partial charge in [0.25, 0.3) is 5.91 Å². The van der Waals surface area contributed by atoms with E-state index in [4.69, 9.17) is 9.47 Å². The van der Waals surface area contributed by atoms with Crippen LogP contribution >= 0.6 is 0 Å². The molecule has 0 saturated carbocycles. The Balaban J connectivity index is 2.58. The predicted molar refractivity (Wildman–Crippen MR) is 128 cm³/mol. The van der Waals surface area contributed by atoms with Crippen LogP contribution in [0.15, 0.2) is 42.2 Å². The summed E-state index contributed by atoms with van der Waals surface area (Å²) in [5.41, 5.74) is 4.56. The highest BCUT2D eigenvalue weighted by Crippen LogP contribution is 2.34. The maximum atomic E-state index is 13.0. The Morgan fingerprint density at radius 2 is 1.79 bits per heavy atom. The molecule has 1 aliphatic rings. The Labute approximate surface area is 195 Å². The van der Waals surface area contributed by atoms with Crippen LogP contribution in [0.25, 0.3) is 5.57 Å². The molecule has 0 bridgehead atoms. The lowest BCUT2D eigenvalue weighted by molar-refractivity contribution is -0.142. The van der Waals surface area contributed by atoms with Crippen LogP contribution in [0.2, 0.25) is 0 Å². The first-order valence-electron chi connectivity index (χ1n) is 11.0. The number of esters is 2. The molecule has 7 heteroatoms. The minimum Gasteiger partial charge on any atom is -0.461 e. The smallest absolute Gasteiger partial charge is 0.355 e. The summed E-state index contributed by atoms with van der Waals surface area (Å²) >= 11 is 0. The van der Waals surface area contributed by atoms with E-state index < -0.39 is 11.6 Å². The second-order valence-corrected chi connectivity index (χ2v) is 8.86. The van der Waals surface area contributed by atoms with Crippen molar-refractivity contribution in [2.24, 2.45) is 0 Å². The molecule has 0 aromatic carbocycles. The maximum absolute atomic E-state index is 13.0. The minimum atomic E-state index is -0.690. The Morgan fingerprint density at radius 3 is 2.30 bits per heavy atom. The lowest BCUT2D eigenvalue weighted by Gasteiger charge is -2.19. The van der Waals surface area contributed by atoms with Gasteiger partial charge in [0.1, 0.15) is 17.9 Å². The van der Waals surface area contributed by atoms with Gasteiger partial charge in [-0.05, 0) is 64.2 Å². The first-order chi connectivity index (χ1) is 15.4. The van der Waals surface area contributed by atoms with E-state index >= 15 is 0 Å². The molecule has 1 aromatic heterocycles. The number of nitrogens with one attached hydrogen (secondary N) is 2. The summed E-state index contributed by atoms with van der Waals surface area (Å²) in [6, 6.07) is 0. The standard InChI is InChI=1S/C26H34N2O5/c1-9-14-32-20(29)13-12-19-16(5)21(27-23(19)25(31)33-26(6,7)8)18(11-3)22-15(4)17(10-2)24(30)28-22/h9,11,27H,1,3,10,12-14H2,2,4-8H3,(H,28,30)/b22-18+. The lowest BCUT2D eigenvalue weighted by atomic mass is 9.98. The highest BCUT2D eigenvalue weighted by Gasteiger charge is 2.29. The molecule has 2 rings (SSSR count). The van der Waals surface area contributed by atoms with Gasteiger partial charge < -0.3 is 19.8 Å². The molecule has 0 radical (unpaired) electrons. The normalized spacial score (nSPS) is 15.3. The second-order valence-electron chi connectivity index (χ2n) is 8.86. The fourth-order valence-corrected chi connectivity index (χ4v) is 3.80. The third kappa shape index (κ3) is 5.92. The molecule has 33 heavy (non-hydrogen) atoms. The van der Waals surface area contributed by atoms with Crippen molar-refractivity contribution in [2.45, 2.75) is 66.4 Å². The van der Waals surface area contributed by atoms with Gasteiger partial charge in [-0.1, -0.05) is 32.2 Å². The number of carbonyl (C=O) groups is 3. The van der Waals surface area contributed by atoms with Crippen molar-refractivity contribution in [3.63, 3.8) is 0 Å². The van der Waals surface area contributed by atoms with Gasteiger partial charge >= 0.3 is 11.9 Å². The molecule has 0 saturated heterocycles. The van der Waals surface area contributed by atoms with Crippen molar-refractivity contribution < 1.29 is 23.9 Å². The summed E-state index contributed by atoms with van der Waals surface area (Å²) < 4.78 is 10.7.